The number of nitrogens with two attached hydrogens (primary N) is 1. The van der Waals surface area contributed by atoms with E-state index >= 15 is 0 Å². The van der Waals surface area contributed by atoms with E-state index in [9.17, 15) is 9.59 Å². The molecule has 0 aromatic heterocycles. The molecule has 4 nitrogen and oxygen atoms in total. The molecule has 4 aliphatic rings. The quantitative estimate of drug-likeness (QED) is 0.599. The number of ether oxygens (including phenoxy) is 1. The summed E-state index contributed by atoms with van der Waals surface area (Å²) >= 11 is 0. The van der Waals surface area contributed by atoms with Crippen molar-refractivity contribution in [1.82, 2.24) is 0 Å². The van der Waals surface area contributed by atoms with Crippen LogP contribution in [-0.4, -0.2) is 24.4 Å². The van der Waals surface area contributed by atoms with E-state index in [1.807, 2.05) is 0 Å². The van der Waals surface area contributed by atoms with Crippen LogP contribution in [-0.2, 0) is 14.3 Å². The third-order valence-corrected chi connectivity index (χ3v) is 8.94. The van der Waals surface area contributed by atoms with Crippen molar-refractivity contribution in [3.8, 4) is 0 Å². The van der Waals surface area contributed by atoms with Crippen LogP contribution in [0.2, 0.25) is 0 Å². The zero-order valence-electron chi connectivity index (χ0n) is 17.0. The standard InChI is InChI=1S/C23H35NO3/c1-14-12-15-13-16(27-20(26)8-11-24)6-9-22(15,2)18-7-10-23(3)17(21(14)18)4-5-19(23)25/h15-18,21H,1,4-13,24H2,2-3H3/t15?,16-,17-,18-,21-,22-,23-/m0/s1. The van der Waals surface area contributed by atoms with E-state index in [2.05, 4.69) is 20.4 Å². The van der Waals surface area contributed by atoms with Gasteiger partial charge in [0.05, 0.1) is 6.42 Å². The Morgan fingerprint density at radius 1 is 1.22 bits per heavy atom. The summed E-state index contributed by atoms with van der Waals surface area (Å²) in [6, 6.07) is 0. The van der Waals surface area contributed by atoms with E-state index in [0.717, 1.165) is 51.4 Å². The molecule has 0 bridgehead atoms. The van der Waals surface area contributed by atoms with Gasteiger partial charge in [0.2, 0.25) is 0 Å². The fourth-order valence-corrected chi connectivity index (χ4v) is 7.33. The lowest BCUT2D eigenvalue weighted by molar-refractivity contribution is -0.158. The Morgan fingerprint density at radius 2 is 2.00 bits per heavy atom. The highest BCUT2D eigenvalue weighted by Gasteiger charge is 2.61. The van der Waals surface area contributed by atoms with Crippen molar-refractivity contribution in [1.29, 1.82) is 0 Å². The monoisotopic (exact) mass is 373 g/mol. The first-order valence-corrected chi connectivity index (χ1v) is 10.9. The number of esters is 1. The molecular weight excluding hydrogens is 338 g/mol. The van der Waals surface area contributed by atoms with Crippen molar-refractivity contribution in [2.75, 3.05) is 6.54 Å². The van der Waals surface area contributed by atoms with Gasteiger partial charge in [0.1, 0.15) is 11.9 Å². The van der Waals surface area contributed by atoms with Crippen LogP contribution in [0.3, 0.4) is 0 Å². The first-order valence-electron chi connectivity index (χ1n) is 10.9. The zero-order chi connectivity index (χ0) is 19.4. The van der Waals surface area contributed by atoms with Crippen LogP contribution in [0.5, 0.6) is 0 Å². The molecule has 4 rings (SSSR count). The number of allylic oxidation sites excluding steroid dienone is 1. The number of rotatable bonds is 3. The Morgan fingerprint density at radius 3 is 2.74 bits per heavy atom. The average Bonchev–Trinajstić information content (AvgIpc) is 2.92. The summed E-state index contributed by atoms with van der Waals surface area (Å²) in [4.78, 5) is 24.5. The molecule has 0 amide bonds. The second kappa shape index (κ2) is 6.72. The lowest BCUT2D eigenvalue weighted by Crippen LogP contribution is -2.55. The van der Waals surface area contributed by atoms with E-state index < -0.39 is 0 Å². The van der Waals surface area contributed by atoms with E-state index in [4.69, 9.17) is 10.5 Å². The SMILES string of the molecule is C=C1CC2C[C@@H](OC(=O)CCN)CC[C@]2(C)[C@H]2CC[C@]3(C)C(=O)CC[C@H]3[C@H]12. The lowest BCUT2D eigenvalue weighted by atomic mass is 9.44. The third kappa shape index (κ3) is 2.90. The van der Waals surface area contributed by atoms with Crippen LogP contribution < -0.4 is 5.73 Å². The summed E-state index contributed by atoms with van der Waals surface area (Å²) in [5.41, 5.74) is 7.02. The van der Waals surface area contributed by atoms with Crippen molar-refractivity contribution < 1.29 is 14.3 Å². The van der Waals surface area contributed by atoms with Crippen LogP contribution in [0.25, 0.3) is 0 Å². The minimum Gasteiger partial charge on any atom is -0.462 e. The summed E-state index contributed by atoms with van der Waals surface area (Å²) in [7, 11) is 0. The van der Waals surface area contributed by atoms with Gasteiger partial charge in [-0.25, -0.2) is 0 Å². The molecule has 2 N–H and O–H groups in total. The van der Waals surface area contributed by atoms with E-state index in [0.29, 0.717) is 42.4 Å². The zero-order valence-corrected chi connectivity index (χ0v) is 17.0. The smallest absolute Gasteiger partial charge is 0.307 e. The summed E-state index contributed by atoms with van der Waals surface area (Å²) in [6.45, 7) is 9.56. The van der Waals surface area contributed by atoms with Gasteiger partial charge in [0, 0.05) is 18.4 Å². The molecule has 0 aromatic carbocycles. The van der Waals surface area contributed by atoms with Crippen LogP contribution in [0.15, 0.2) is 12.2 Å². The number of fused-ring (bicyclic) bond motifs is 5. The molecular formula is C23H35NO3. The van der Waals surface area contributed by atoms with Crippen molar-refractivity contribution in [2.45, 2.75) is 77.7 Å². The molecule has 0 aromatic rings. The highest BCUT2D eigenvalue weighted by atomic mass is 16.5. The number of carbonyl (C=O) groups is 2. The van der Waals surface area contributed by atoms with Crippen LogP contribution >= 0.6 is 0 Å². The molecule has 4 heteroatoms. The summed E-state index contributed by atoms with van der Waals surface area (Å²) in [5.74, 6) is 2.51. The lowest BCUT2D eigenvalue weighted by Gasteiger charge is -2.60. The van der Waals surface area contributed by atoms with Gasteiger partial charge in [-0.05, 0) is 74.0 Å². The first kappa shape index (κ1) is 19.2. The molecule has 4 fully saturated rings. The molecule has 7 atom stereocenters. The van der Waals surface area contributed by atoms with Crippen LogP contribution in [0.4, 0.5) is 0 Å². The van der Waals surface area contributed by atoms with E-state index in [1.165, 1.54) is 5.57 Å². The second-order valence-corrected chi connectivity index (χ2v) is 10.1. The Hall–Kier alpha value is -1.16. The van der Waals surface area contributed by atoms with E-state index in [-0.39, 0.29) is 22.9 Å². The molecule has 0 radical (unpaired) electrons. The second-order valence-electron chi connectivity index (χ2n) is 10.1. The Balaban J connectivity index is 1.53. The van der Waals surface area contributed by atoms with Crippen LogP contribution in [0.1, 0.15) is 71.6 Å². The van der Waals surface area contributed by atoms with Gasteiger partial charge in [-0.2, -0.15) is 0 Å². The molecule has 4 aliphatic carbocycles. The number of Topliss-reactive ketones (excluding diaryl/α,β-unsaturated/α-hetero) is 1. The highest BCUT2D eigenvalue weighted by Crippen LogP contribution is 2.66. The third-order valence-electron chi connectivity index (χ3n) is 8.94. The van der Waals surface area contributed by atoms with Crippen molar-refractivity contribution in [3.63, 3.8) is 0 Å². The number of carbonyl (C=O) groups excluding carboxylic acids is 2. The maximum absolute atomic E-state index is 12.6. The van der Waals surface area contributed by atoms with Gasteiger partial charge >= 0.3 is 5.97 Å². The maximum atomic E-state index is 12.6. The van der Waals surface area contributed by atoms with Crippen molar-refractivity contribution >= 4 is 11.8 Å². The van der Waals surface area contributed by atoms with Gasteiger partial charge in [-0.3, -0.25) is 9.59 Å². The topological polar surface area (TPSA) is 69.4 Å². The van der Waals surface area contributed by atoms with Gasteiger partial charge in [0.15, 0.2) is 0 Å². The fourth-order valence-electron chi connectivity index (χ4n) is 7.33. The van der Waals surface area contributed by atoms with Gasteiger partial charge in [-0.15, -0.1) is 0 Å². The minimum absolute atomic E-state index is 0.0355. The van der Waals surface area contributed by atoms with Crippen molar-refractivity contribution in [3.05, 3.63) is 12.2 Å². The molecule has 27 heavy (non-hydrogen) atoms. The molecule has 1 unspecified atom stereocenters. The predicted molar refractivity (Wildman–Crippen MR) is 105 cm³/mol. The molecule has 0 heterocycles. The Labute approximate surface area is 163 Å². The summed E-state index contributed by atoms with van der Waals surface area (Å²) in [5, 5.41) is 0. The molecule has 0 spiro atoms. The first-order chi connectivity index (χ1) is 12.8. The largest absolute Gasteiger partial charge is 0.462 e. The number of hydrogen-bond donors (Lipinski definition) is 1. The average molecular weight is 374 g/mol. The normalized spacial score (nSPS) is 46.4. The van der Waals surface area contributed by atoms with Crippen molar-refractivity contribution in [2.24, 2.45) is 40.2 Å². The Bertz CT molecular complexity index is 658. The summed E-state index contributed by atoms with van der Waals surface area (Å²) in [6.07, 6.45) is 8.41. The molecule has 4 saturated carbocycles. The molecule has 150 valence electrons. The van der Waals surface area contributed by atoms with Gasteiger partial charge in [0.25, 0.3) is 0 Å². The summed E-state index contributed by atoms with van der Waals surface area (Å²) < 4.78 is 5.70. The number of hydrogen-bond acceptors (Lipinski definition) is 4. The predicted octanol–water partition coefficient (Wildman–Crippen LogP) is 4.02. The molecule has 0 saturated heterocycles. The molecule has 0 aliphatic heterocycles. The fraction of sp³-hybridized carbons (Fsp3) is 0.826. The van der Waals surface area contributed by atoms with Gasteiger partial charge < -0.3 is 10.5 Å². The maximum Gasteiger partial charge on any atom is 0.307 e. The minimum atomic E-state index is -0.156. The number of ketones is 1. The highest BCUT2D eigenvalue weighted by molar-refractivity contribution is 5.87. The Kier molecular flexibility index (Phi) is 4.77. The van der Waals surface area contributed by atoms with E-state index in [1.54, 1.807) is 0 Å². The van der Waals surface area contributed by atoms with Gasteiger partial charge in [-0.1, -0.05) is 26.0 Å². The van der Waals surface area contributed by atoms with Crippen LogP contribution in [0, 0.1) is 34.5 Å².